The average molecular weight is 363 g/mol. The lowest BCUT2D eigenvalue weighted by Crippen LogP contribution is -2.44. The average Bonchev–Trinajstić information content (AvgIpc) is 2.50. The zero-order chi connectivity index (χ0) is 15.9. The molecule has 114 valence electrons. The third-order valence-corrected chi connectivity index (χ3v) is 3.52. The van der Waals surface area contributed by atoms with Crippen molar-refractivity contribution in [2.45, 2.75) is 12.5 Å². The molecule has 0 fully saturated rings. The van der Waals surface area contributed by atoms with E-state index in [1.165, 1.54) is 0 Å². The smallest absolute Gasteiger partial charge is 0.326 e. The molecular weight excluding hydrogens is 348 g/mol. The first-order valence-electron chi connectivity index (χ1n) is 6.64. The minimum absolute atomic E-state index is 0.226. The van der Waals surface area contributed by atoms with Gasteiger partial charge in [-0.3, -0.25) is 0 Å². The highest BCUT2D eigenvalue weighted by Gasteiger charge is 2.20. The lowest BCUT2D eigenvalue weighted by molar-refractivity contribution is -0.139. The number of anilines is 1. The van der Waals surface area contributed by atoms with Crippen LogP contribution >= 0.6 is 15.9 Å². The van der Waals surface area contributed by atoms with E-state index in [0.717, 1.165) is 10.0 Å². The Morgan fingerprint density at radius 2 is 1.68 bits per heavy atom. The molecule has 0 saturated carbocycles. The molecular formula is C16H15BrN2O3. The van der Waals surface area contributed by atoms with Crippen LogP contribution in [0.1, 0.15) is 5.56 Å². The maximum atomic E-state index is 11.9. The molecule has 6 heteroatoms. The van der Waals surface area contributed by atoms with Crippen molar-refractivity contribution in [1.82, 2.24) is 5.32 Å². The number of hydrogen-bond donors (Lipinski definition) is 3. The van der Waals surface area contributed by atoms with Crippen LogP contribution in [0.4, 0.5) is 10.5 Å². The largest absolute Gasteiger partial charge is 0.480 e. The summed E-state index contributed by atoms with van der Waals surface area (Å²) < 4.78 is 0.894. The Balaban J connectivity index is 1.97. The van der Waals surface area contributed by atoms with E-state index in [1.807, 2.05) is 30.3 Å². The number of urea groups is 1. The van der Waals surface area contributed by atoms with Crippen molar-refractivity contribution >= 4 is 33.6 Å². The zero-order valence-corrected chi connectivity index (χ0v) is 13.2. The van der Waals surface area contributed by atoms with Gasteiger partial charge in [0, 0.05) is 16.6 Å². The molecule has 0 bridgehead atoms. The summed E-state index contributed by atoms with van der Waals surface area (Å²) in [6.45, 7) is 0. The Morgan fingerprint density at radius 1 is 1.05 bits per heavy atom. The van der Waals surface area contributed by atoms with Crippen LogP contribution in [0.25, 0.3) is 0 Å². The van der Waals surface area contributed by atoms with E-state index in [2.05, 4.69) is 26.6 Å². The maximum absolute atomic E-state index is 11.9. The van der Waals surface area contributed by atoms with Crippen LogP contribution in [-0.2, 0) is 11.2 Å². The second-order valence-corrected chi connectivity index (χ2v) is 5.60. The lowest BCUT2D eigenvalue weighted by atomic mass is 10.1. The number of carboxylic acids is 1. The number of carbonyl (C=O) groups is 2. The number of carbonyl (C=O) groups excluding carboxylic acids is 1. The second kappa shape index (κ2) is 7.61. The summed E-state index contributed by atoms with van der Waals surface area (Å²) in [7, 11) is 0. The Morgan fingerprint density at radius 3 is 2.27 bits per heavy atom. The van der Waals surface area contributed by atoms with Gasteiger partial charge in [-0.15, -0.1) is 0 Å². The van der Waals surface area contributed by atoms with Crippen LogP contribution in [0.3, 0.4) is 0 Å². The molecule has 1 atom stereocenters. The number of nitrogens with one attached hydrogen (secondary N) is 2. The van der Waals surface area contributed by atoms with Crippen molar-refractivity contribution in [2.75, 3.05) is 5.32 Å². The first-order chi connectivity index (χ1) is 10.5. The van der Waals surface area contributed by atoms with Crippen molar-refractivity contribution in [1.29, 1.82) is 0 Å². The van der Waals surface area contributed by atoms with Crippen molar-refractivity contribution < 1.29 is 14.7 Å². The lowest BCUT2D eigenvalue weighted by Gasteiger charge is -2.15. The number of carboxylic acid groups (broad SMARTS) is 1. The summed E-state index contributed by atoms with van der Waals surface area (Å²) in [5.41, 5.74) is 1.43. The molecule has 0 aliphatic rings. The van der Waals surface area contributed by atoms with E-state index in [9.17, 15) is 14.7 Å². The summed E-state index contributed by atoms with van der Waals surface area (Å²) in [5, 5.41) is 14.3. The Bertz CT molecular complexity index is 644. The summed E-state index contributed by atoms with van der Waals surface area (Å²) in [5.74, 6) is -1.07. The van der Waals surface area contributed by atoms with Crippen LogP contribution in [0.5, 0.6) is 0 Å². The van der Waals surface area contributed by atoms with Crippen molar-refractivity contribution in [3.05, 3.63) is 64.6 Å². The Kier molecular flexibility index (Phi) is 5.55. The van der Waals surface area contributed by atoms with E-state index in [1.54, 1.807) is 24.3 Å². The van der Waals surface area contributed by atoms with Gasteiger partial charge in [-0.2, -0.15) is 0 Å². The number of amides is 2. The molecule has 0 aromatic heterocycles. The molecule has 0 radical (unpaired) electrons. The number of halogens is 1. The van der Waals surface area contributed by atoms with Gasteiger partial charge in [0.25, 0.3) is 0 Å². The van der Waals surface area contributed by atoms with Gasteiger partial charge >= 0.3 is 12.0 Å². The molecule has 2 amide bonds. The van der Waals surface area contributed by atoms with Gasteiger partial charge in [0.15, 0.2) is 0 Å². The molecule has 0 heterocycles. The first kappa shape index (κ1) is 16.0. The number of hydrogen-bond acceptors (Lipinski definition) is 2. The third kappa shape index (κ3) is 4.89. The van der Waals surface area contributed by atoms with E-state index < -0.39 is 18.0 Å². The summed E-state index contributed by atoms with van der Waals surface area (Å²) >= 11 is 3.30. The van der Waals surface area contributed by atoms with Crippen LogP contribution in [-0.4, -0.2) is 23.1 Å². The first-order valence-corrected chi connectivity index (χ1v) is 7.44. The highest BCUT2D eigenvalue weighted by atomic mass is 79.9. The van der Waals surface area contributed by atoms with Gasteiger partial charge in [0.1, 0.15) is 6.04 Å². The molecule has 3 N–H and O–H groups in total. The topological polar surface area (TPSA) is 78.4 Å². The number of benzene rings is 2. The molecule has 0 unspecified atom stereocenters. The molecule has 2 aromatic carbocycles. The Hall–Kier alpha value is -2.34. The molecule has 22 heavy (non-hydrogen) atoms. The van der Waals surface area contributed by atoms with Gasteiger partial charge in [-0.05, 0) is 29.8 Å². The fourth-order valence-corrected chi connectivity index (χ4v) is 2.17. The van der Waals surface area contributed by atoms with Gasteiger partial charge in [-0.1, -0.05) is 46.3 Å². The van der Waals surface area contributed by atoms with Gasteiger partial charge < -0.3 is 15.7 Å². The fourth-order valence-electron chi connectivity index (χ4n) is 1.91. The second-order valence-electron chi connectivity index (χ2n) is 4.69. The normalized spacial score (nSPS) is 11.5. The standard InChI is InChI=1S/C16H15BrN2O3/c17-12-6-8-13(9-7-12)18-16(22)19-14(15(20)21)10-11-4-2-1-3-5-11/h1-9,14H,10H2,(H,20,21)(H2,18,19,22)/t14-/m0/s1. The highest BCUT2D eigenvalue weighted by molar-refractivity contribution is 9.10. The number of aliphatic carboxylic acids is 1. The van der Waals surface area contributed by atoms with Crippen molar-refractivity contribution in [3.8, 4) is 0 Å². The van der Waals surface area contributed by atoms with E-state index in [4.69, 9.17) is 0 Å². The number of rotatable bonds is 5. The third-order valence-electron chi connectivity index (χ3n) is 2.99. The summed E-state index contributed by atoms with van der Waals surface area (Å²) in [6, 6.07) is 14.6. The summed E-state index contributed by atoms with van der Waals surface area (Å²) in [6.07, 6.45) is 0.226. The van der Waals surface area contributed by atoms with Crippen molar-refractivity contribution in [2.24, 2.45) is 0 Å². The Labute approximate surface area is 136 Å². The molecule has 2 rings (SSSR count). The van der Waals surface area contributed by atoms with Crippen LogP contribution in [0.15, 0.2) is 59.1 Å². The fraction of sp³-hybridized carbons (Fsp3) is 0.125. The predicted octanol–water partition coefficient (Wildman–Crippen LogP) is 3.27. The van der Waals surface area contributed by atoms with Gasteiger partial charge in [-0.25, -0.2) is 9.59 Å². The molecule has 0 aliphatic carbocycles. The minimum Gasteiger partial charge on any atom is -0.480 e. The summed E-state index contributed by atoms with van der Waals surface area (Å²) in [4.78, 5) is 23.2. The predicted molar refractivity (Wildman–Crippen MR) is 87.9 cm³/mol. The van der Waals surface area contributed by atoms with E-state index in [-0.39, 0.29) is 6.42 Å². The van der Waals surface area contributed by atoms with Gasteiger partial charge in [0.2, 0.25) is 0 Å². The van der Waals surface area contributed by atoms with Crippen LogP contribution in [0, 0.1) is 0 Å². The highest BCUT2D eigenvalue weighted by Crippen LogP contribution is 2.14. The quantitative estimate of drug-likeness (QED) is 0.763. The van der Waals surface area contributed by atoms with Crippen LogP contribution in [0.2, 0.25) is 0 Å². The molecule has 5 nitrogen and oxygen atoms in total. The monoisotopic (exact) mass is 362 g/mol. The maximum Gasteiger partial charge on any atom is 0.326 e. The zero-order valence-electron chi connectivity index (χ0n) is 11.6. The van der Waals surface area contributed by atoms with E-state index in [0.29, 0.717) is 5.69 Å². The molecule has 0 spiro atoms. The van der Waals surface area contributed by atoms with Gasteiger partial charge in [0.05, 0.1) is 0 Å². The molecule has 0 aliphatic heterocycles. The van der Waals surface area contributed by atoms with Crippen LogP contribution < -0.4 is 10.6 Å². The van der Waals surface area contributed by atoms with E-state index >= 15 is 0 Å². The van der Waals surface area contributed by atoms with Crippen molar-refractivity contribution in [3.63, 3.8) is 0 Å². The SMILES string of the molecule is O=C(Nc1ccc(Br)cc1)N[C@@H](Cc1ccccc1)C(=O)O. The minimum atomic E-state index is -1.07. The molecule has 0 saturated heterocycles. The molecule has 2 aromatic rings.